The van der Waals surface area contributed by atoms with E-state index < -0.39 is 0 Å². The number of thiophene rings is 1. The highest BCUT2D eigenvalue weighted by atomic mass is 79.9. The van der Waals surface area contributed by atoms with Crippen LogP contribution in [0.3, 0.4) is 0 Å². The van der Waals surface area contributed by atoms with E-state index in [4.69, 9.17) is 5.84 Å². The molecule has 16 heavy (non-hydrogen) atoms. The Morgan fingerprint density at radius 3 is 2.94 bits per heavy atom. The molecule has 84 valence electrons. The van der Waals surface area contributed by atoms with E-state index >= 15 is 0 Å². The van der Waals surface area contributed by atoms with Crippen LogP contribution in [-0.4, -0.2) is 9.97 Å². The van der Waals surface area contributed by atoms with E-state index in [1.807, 2.05) is 17.5 Å². The van der Waals surface area contributed by atoms with Crippen LogP contribution >= 0.6 is 27.3 Å². The van der Waals surface area contributed by atoms with Crippen LogP contribution in [0.4, 0.5) is 0 Å². The zero-order chi connectivity index (χ0) is 11.4. The number of hydrogen-bond donors (Lipinski definition) is 2. The predicted molar refractivity (Wildman–Crippen MR) is 67.8 cm³/mol. The average Bonchev–Trinajstić information content (AvgIpc) is 2.73. The highest BCUT2D eigenvalue weighted by Gasteiger charge is 2.14. The Hall–Kier alpha value is -0.820. The fourth-order valence-electron chi connectivity index (χ4n) is 1.41. The smallest absolute Gasteiger partial charge is 0.115 e. The molecule has 3 N–H and O–H groups in total. The molecule has 1 unspecified atom stereocenters. The van der Waals surface area contributed by atoms with Crippen molar-refractivity contribution in [2.45, 2.75) is 12.5 Å². The summed E-state index contributed by atoms with van der Waals surface area (Å²) in [5.41, 5.74) is 3.68. The van der Waals surface area contributed by atoms with E-state index in [9.17, 15) is 0 Å². The van der Waals surface area contributed by atoms with Gasteiger partial charge in [-0.15, -0.1) is 11.3 Å². The first-order chi connectivity index (χ1) is 7.81. The van der Waals surface area contributed by atoms with E-state index in [2.05, 4.69) is 31.3 Å². The van der Waals surface area contributed by atoms with Crippen molar-refractivity contribution in [1.82, 2.24) is 15.4 Å². The standard InChI is InChI=1S/C10H11BrN4S/c11-7-2-4-16-10(7)5-9(15-12)8-1-3-13-6-14-8/h1-4,6,9,15H,5,12H2. The van der Waals surface area contributed by atoms with Crippen LogP contribution in [0, 0.1) is 0 Å². The molecule has 2 aromatic rings. The summed E-state index contributed by atoms with van der Waals surface area (Å²) in [5.74, 6) is 5.55. The van der Waals surface area contributed by atoms with Gasteiger partial charge in [-0.1, -0.05) is 0 Å². The Balaban J connectivity index is 2.16. The topological polar surface area (TPSA) is 63.8 Å². The summed E-state index contributed by atoms with van der Waals surface area (Å²) >= 11 is 5.21. The third kappa shape index (κ3) is 2.65. The van der Waals surface area contributed by atoms with Gasteiger partial charge < -0.3 is 0 Å². The van der Waals surface area contributed by atoms with Gasteiger partial charge in [-0.25, -0.2) is 9.97 Å². The van der Waals surface area contributed by atoms with Gasteiger partial charge in [-0.3, -0.25) is 11.3 Å². The molecular weight excluding hydrogens is 288 g/mol. The molecule has 0 amide bonds. The summed E-state index contributed by atoms with van der Waals surface area (Å²) in [6, 6.07) is 3.91. The van der Waals surface area contributed by atoms with Gasteiger partial charge in [-0.2, -0.15) is 0 Å². The Labute approximate surface area is 106 Å². The average molecular weight is 299 g/mol. The van der Waals surface area contributed by atoms with Gasteiger partial charge in [-0.05, 0) is 33.4 Å². The van der Waals surface area contributed by atoms with Crippen molar-refractivity contribution in [1.29, 1.82) is 0 Å². The number of hydrazine groups is 1. The van der Waals surface area contributed by atoms with Crippen LogP contribution < -0.4 is 11.3 Å². The first kappa shape index (κ1) is 11.7. The van der Waals surface area contributed by atoms with Gasteiger partial charge in [0.25, 0.3) is 0 Å². The third-order valence-electron chi connectivity index (χ3n) is 2.24. The Morgan fingerprint density at radius 1 is 1.50 bits per heavy atom. The second-order valence-electron chi connectivity index (χ2n) is 3.25. The second-order valence-corrected chi connectivity index (χ2v) is 5.10. The van der Waals surface area contributed by atoms with Gasteiger partial charge >= 0.3 is 0 Å². The number of rotatable bonds is 4. The molecule has 0 saturated heterocycles. The van der Waals surface area contributed by atoms with E-state index in [0.29, 0.717) is 0 Å². The van der Waals surface area contributed by atoms with Crippen LogP contribution in [0.1, 0.15) is 16.6 Å². The normalized spacial score (nSPS) is 12.6. The van der Waals surface area contributed by atoms with Gasteiger partial charge in [0.2, 0.25) is 0 Å². The van der Waals surface area contributed by atoms with Crippen LogP contribution in [-0.2, 0) is 6.42 Å². The Morgan fingerprint density at radius 2 is 2.38 bits per heavy atom. The summed E-state index contributed by atoms with van der Waals surface area (Å²) in [4.78, 5) is 9.34. The Kier molecular flexibility index (Phi) is 4.00. The molecule has 0 bridgehead atoms. The first-order valence-corrected chi connectivity index (χ1v) is 6.42. The molecule has 0 aliphatic carbocycles. The Bertz CT molecular complexity index is 445. The SMILES string of the molecule is NNC(Cc1sccc1Br)c1ccncn1. The number of aromatic nitrogens is 2. The van der Waals surface area contributed by atoms with E-state index in [1.54, 1.807) is 17.5 Å². The lowest BCUT2D eigenvalue weighted by Crippen LogP contribution is -2.30. The highest BCUT2D eigenvalue weighted by Crippen LogP contribution is 2.27. The molecule has 0 aliphatic rings. The third-order valence-corrected chi connectivity index (χ3v) is 4.19. The van der Waals surface area contributed by atoms with Crippen LogP contribution in [0.2, 0.25) is 0 Å². The van der Waals surface area contributed by atoms with Crippen molar-refractivity contribution in [3.8, 4) is 0 Å². The van der Waals surface area contributed by atoms with E-state index in [1.165, 1.54) is 11.2 Å². The van der Waals surface area contributed by atoms with Gasteiger partial charge in [0, 0.05) is 22.0 Å². The maximum absolute atomic E-state index is 5.55. The second kappa shape index (κ2) is 5.49. The molecule has 4 nitrogen and oxygen atoms in total. The van der Waals surface area contributed by atoms with E-state index in [-0.39, 0.29) is 6.04 Å². The highest BCUT2D eigenvalue weighted by molar-refractivity contribution is 9.10. The quantitative estimate of drug-likeness (QED) is 0.670. The van der Waals surface area contributed by atoms with Crippen molar-refractivity contribution in [2.24, 2.45) is 5.84 Å². The van der Waals surface area contributed by atoms with Gasteiger partial charge in [0.05, 0.1) is 11.7 Å². The van der Waals surface area contributed by atoms with Crippen molar-refractivity contribution < 1.29 is 0 Å². The molecule has 1 atom stereocenters. The molecule has 6 heteroatoms. The number of hydrogen-bond acceptors (Lipinski definition) is 5. The number of nitrogens with one attached hydrogen (secondary N) is 1. The maximum Gasteiger partial charge on any atom is 0.115 e. The molecule has 0 aromatic carbocycles. The summed E-state index contributed by atoms with van der Waals surface area (Å²) < 4.78 is 1.12. The summed E-state index contributed by atoms with van der Waals surface area (Å²) in [7, 11) is 0. The summed E-state index contributed by atoms with van der Waals surface area (Å²) in [6.45, 7) is 0. The largest absolute Gasteiger partial charge is 0.271 e. The first-order valence-electron chi connectivity index (χ1n) is 4.75. The van der Waals surface area contributed by atoms with Crippen LogP contribution in [0.5, 0.6) is 0 Å². The van der Waals surface area contributed by atoms with Crippen molar-refractivity contribution in [2.75, 3.05) is 0 Å². The number of nitrogens with zero attached hydrogens (tertiary/aromatic N) is 2. The summed E-state index contributed by atoms with van der Waals surface area (Å²) in [5, 5.41) is 2.05. The summed E-state index contributed by atoms with van der Waals surface area (Å²) in [6.07, 6.45) is 4.06. The molecule has 2 aromatic heterocycles. The minimum atomic E-state index is 0.0120. The van der Waals surface area contributed by atoms with Crippen molar-refractivity contribution in [3.05, 3.63) is 45.1 Å². The zero-order valence-corrected chi connectivity index (χ0v) is 10.8. The van der Waals surface area contributed by atoms with Gasteiger partial charge in [0.1, 0.15) is 6.33 Å². The minimum Gasteiger partial charge on any atom is -0.271 e. The monoisotopic (exact) mass is 298 g/mol. The van der Waals surface area contributed by atoms with Gasteiger partial charge in [0.15, 0.2) is 0 Å². The lowest BCUT2D eigenvalue weighted by atomic mass is 10.1. The van der Waals surface area contributed by atoms with Crippen LogP contribution in [0.25, 0.3) is 0 Å². The molecular formula is C10H11BrN4S. The maximum atomic E-state index is 5.55. The molecule has 0 aliphatic heterocycles. The number of nitrogens with two attached hydrogens (primary N) is 1. The van der Waals surface area contributed by atoms with Crippen LogP contribution in [0.15, 0.2) is 34.5 Å². The molecule has 0 spiro atoms. The van der Waals surface area contributed by atoms with Crippen molar-refractivity contribution >= 4 is 27.3 Å². The number of halogens is 1. The fraction of sp³-hybridized carbons (Fsp3) is 0.200. The lowest BCUT2D eigenvalue weighted by Gasteiger charge is -2.14. The lowest BCUT2D eigenvalue weighted by molar-refractivity contribution is 0.540. The fourth-order valence-corrected chi connectivity index (χ4v) is 2.97. The zero-order valence-electron chi connectivity index (χ0n) is 8.43. The minimum absolute atomic E-state index is 0.0120. The molecule has 0 fully saturated rings. The molecule has 0 saturated carbocycles. The molecule has 0 radical (unpaired) electrons. The molecule has 2 heterocycles. The molecule has 2 rings (SSSR count). The van der Waals surface area contributed by atoms with E-state index in [0.717, 1.165) is 16.6 Å². The predicted octanol–water partition coefficient (Wildman–Crippen LogP) is 2.05. The van der Waals surface area contributed by atoms with Crippen molar-refractivity contribution in [3.63, 3.8) is 0 Å².